The maximum Gasteiger partial charge on any atom is 0.295 e. The highest BCUT2D eigenvalue weighted by atomic mass is 35.5. The van der Waals surface area contributed by atoms with E-state index in [1.807, 2.05) is 6.92 Å². The van der Waals surface area contributed by atoms with Gasteiger partial charge in [-0.15, -0.1) is 0 Å². The van der Waals surface area contributed by atoms with Crippen LogP contribution in [-0.2, 0) is 14.3 Å². The van der Waals surface area contributed by atoms with E-state index in [4.69, 9.17) is 30.5 Å². The Hall–Kier alpha value is -3.23. The maximum atomic E-state index is 13.2. The van der Waals surface area contributed by atoms with E-state index in [1.165, 1.54) is 31.3 Å². The third-order valence-electron chi connectivity index (χ3n) is 5.50. The maximum absolute atomic E-state index is 13.2. The Kier molecular flexibility index (Phi) is 8.41. The van der Waals surface area contributed by atoms with E-state index in [0.717, 1.165) is 0 Å². The molecule has 1 unspecified atom stereocenters. The zero-order chi connectivity index (χ0) is 24.8. The lowest BCUT2D eigenvalue weighted by molar-refractivity contribution is -0.140. The Morgan fingerprint density at radius 2 is 1.82 bits per heavy atom. The molecule has 1 aliphatic heterocycles. The SMILES string of the molecule is CCOc1cccc(C2/C(=C(\O)c3cc(Cl)c(OC)cc3OC)C(=O)C(=O)N2CCCOC)c1. The molecule has 1 amide bonds. The summed E-state index contributed by atoms with van der Waals surface area (Å²) in [4.78, 5) is 27.7. The molecular formula is C25H28ClNO7. The molecule has 1 fully saturated rings. The molecule has 1 N–H and O–H groups in total. The number of likely N-dealkylation sites (tertiary alicyclic amines) is 1. The van der Waals surface area contributed by atoms with Crippen molar-refractivity contribution in [1.82, 2.24) is 4.90 Å². The average molecular weight is 490 g/mol. The first kappa shape index (κ1) is 25.4. The number of ether oxygens (including phenoxy) is 4. The number of Topliss-reactive ketones (excluding diaryl/α,β-unsaturated/α-hetero) is 1. The summed E-state index contributed by atoms with van der Waals surface area (Å²) in [7, 11) is 4.44. The predicted molar refractivity (Wildman–Crippen MR) is 128 cm³/mol. The summed E-state index contributed by atoms with van der Waals surface area (Å²) in [5.41, 5.74) is 0.743. The summed E-state index contributed by atoms with van der Waals surface area (Å²) >= 11 is 6.29. The fourth-order valence-electron chi connectivity index (χ4n) is 3.97. The van der Waals surface area contributed by atoms with Gasteiger partial charge in [0, 0.05) is 26.3 Å². The Labute approximate surface area is 203 Å². The molecule has 1 atom stereocenters. The van der Waals surface area contributed by atoms with E-state index < -0.39 is 17.7 Å². The molecule has 182 valence electrons. The number of carbonyl (C=O) groups excluding carboxylic acids is 2. The molecule has 1 aliphatic rings. The zero-order valence-corrected chi connectivity index (χ0v) is 20.3. The van der Waals surface area contributed by atoms with Gasteiger partial charge in [-0.3, -0.25) is 9.59 Å². The van der Waals surface area contributed by atoms with Gasteiger partial charge >= 0.3 is 0 Å². The van der Waals surface area contributed by atoms with Crippen LogP contribution < -0.4 is 14.2 Å². The minimum Gasteiger partial charge on any atom is -0.507 e. The molecule has 9 heteroatoms. The van der Waals surface area contributed by atoms with Crippen LogP contribution in [0.15, 0.2) is 42.0 Å². The third kappa shape index (κ3) is 4.98. The highest BCUT2D eigenvalue weighted by Crippen LogP contribution is 2.43. The molecule has 0 aromatic heterocycles. The van der Waals surface area contributed by atoms with Crippen molar-refractivity contribution < 1.29 is 33.6 Å². The van der Waals surface area contributed by atoms with Crippen LogP contribution in [-0.4, -0.2) is 62.8 Å². The van der Waals surface area contributed by atoms with Crippen molar-refractivity contribution >= 4 is 29.1 Å². The molecular weight excluding hydrogens is 462 g/mol. The fourth-order valence-corrected chi connectivity index (χ4v) is 4.21. The largest absolute Gasteiger partial charge is 0.507 e. The monoisotopic (exact) mass is 489 g/mol. The fraction of sp³-hybridized carbons (Fsp3) is 0.360. The number of aliphatic hydroxyl groups excluding tert-OH is 1. The lowest BCUT2D eigenvalue weighted by Gasteiger charge is -2.25. The quantitative estimate of drug-likeness (QED) is 0.231. The molecule has 34 heavy (non-hydrogen) atoms. The van der Waals surface area contributed by atoms with Crippen LogP contribution >= 0.6 is 11.6 Å². The van der Waals surface area contributed by atoms with Crippen molar-refractivity contribution in [2.24, 2.45) is 0 Å². The van der Waals surface area contributed by atoms with Crippen LogP contribution in [0.2, 0.25) is 5.02 Å². The molecule has 0 spiro atoms. The smallest absolute Gasteiger partial charge is 0.295 e. The molecule has 0 aliphatic carbocycles. The third-order valence-corrected chi connectivity index (χ3v) is 5.80. The van der Waals surface area contributed by atoms with Crippen molar-refractivity contribution in [2.75, 3.05) is 41.1 Å². The molecule has 0 radical (unpaired) electrons. The summed E-state index contributed by atoms with van der Waals surface area (Å²) in [5.74, 6) is -0.714. The van der Waals surface area contributed by atoms with Gasteiger partial charge in [0.05, 0.1) is 43.0 Å². The van der Waals surface area contributed by atoms with Crippen molar-refractivity contribution in [2.45, 2.75) is 19.4 Å². The topological polar surface area (TPSA) is 94.5 Å². The number of aliphatic hydroxyl groups is 1. The van der Waals surface area contributed by atoms with Gasteiger partial charge in [0.2, 0.25) is 0 Å². The molecule has 2 aromatic rings. The van der Waals surface area contributed by atoms with E-state index in [2.05, 4.69) is 0 Å². The molecule has 0 saturated carbocycles. The van der Waals surface area contributed by atoms with E-state index >= 15 is 0 Å². The lowest BCUT2D eigenvalue weighted by atomic mass is 9.94. The van der Waals surface area contributed by atoms with Gasteiger partial charge in [0.25, 0.3) is 11.7 Å². The van der Waals surface area contributed by atoms with Gasteiger partial charge in [0.15, 0.2) is 0 Å². The van der Waals surface area contributed by atoms with Gasteiger partial charge in [0.1, 0.15) is 23.0 Å². The van der Waals surface area contributed by atoms with Crippen molar-refractivity contribution in [3.05, 3.63) is 58.1 Å². The van der Waals surface area contributed by atoms with Gasteiger partial charge in [-0.25, -0.2) is 0 Å². The predicted octanol–water partition coefficient (Wildman–Crippen LogP) is 4.21. The van der Waals surface area contributed by atoms with Crippen LogP contribution in [0.3, 0.4) is 0 Å². The van der Waals surface area contributed by atoms with Crippen molar-refractivity contribution in [1.29, 1.82) is 0 Å². The molecule has 3 rings (SSSR count). The summed E-state index contributed by atoms with van der Waals surface area (Å²) in [6.07, 6.45) is 0.517. The minimum atomic E-state index is -0.831. The standard InChI is InChI=1S/C25H28ClNO7/c1-5-34-16-9-6-8-15(12-16)22-21(24(29)25(30)27(22)10-7-11-31-2)23(28)17-13-18(26)20(33-4)14-19(17)32-3/h6,8-9,12-14,22,28H,5,7,10-11H2,1-4H3/b23-21+. The van der Waals surface area contributed by atoms with E-state index in [1.54, 1.807) is 31.4 Å². The van der Waals surface area contributed by atoms with Crippen LogP contribution in [0.5, 0.6) is 17.2 Å². The number of rotatable bonds is 10. The van der Waals surface area contributed by atoms with Crippen LogP contribution in [0.25, 0.3) is 5.76 Å². The van der Waals surface area contributed by atoms with Crippen LogP contribution in [0.1, 0.15) is 30.5 Å². The van der Waals surface area contributed by atoms with Crippen LogP contribution in [0, 0.1) is 0 Å². The number of amides is 1. The second-order valence-corrected chi connectivity index (χ2v) is 7.94. The number of carbonyl (C=O) groups is 2. The number of hydrogen-bond donors (Lipinski definition) is 1. The van der Waals surface area contributed by atoms with Gasteiger partial charge in [-0.2, -0.15) is 0 Å². The Morgan fingerprint density at radius 3 is 2.47 bits per heavy atom. The zero-order valence-electron chi connectivity index (χ0n) is 19.6. The summed E-state index contributed by atoms with van der Waals surface area (Å²) < 4.78 is 21.4. The number of halogens is 1. The number of nitrogens with zero attached hydrogens (tertiary/aromatic N) is 1. The Morgan fingerprint density at radius 1 is 1.09 bits per heavy atom. The van der Waals surface area contributed by atoms with Gasteiger partial charge < -0.3 is 29.0 Å². The first-order chi connectivity index (χ1) is 16.4. The lowest BCUT2D eigenvalue weighted by Crippen LogP contribution is -2.31. The first-order valence-corrected chi connectivity index (χ1v) is 11.2. The molecule has 0 bridgehead atoms. The van der Waals surface area contributed by atoms with Crippen molar-refractivity contribution in [3.8, 4) is 17.2 Å². The van der Waals surface area contributed by atoms with E-state index in [-0.39, 0.29) is 34.2 Å². The average Bonchev–Trinajstić information content (AvgIpc) is 3.09. The Bertz CT molecular complexity index is 1100. The summed E-state index contributed by atoms with van der Waals surface area (Å²) in [6.45, 7) is 3.00. The normalized spacial score (nSPS) is 17.2. The van der Waals surface area contributed by atoms with Crippen molar-refractivity contribution in [3.63, 3.8) is 0 Å². The number of methoxy groups -OCH3 is 3. The summed E-state index contributed by atoms with van der Waals surface area (Å²) in [6, 6.07) is 9.24. The second kappa shape index (κ2) is 11.3. The molecule has 1 heterocycles. The molecule has 8 nitrogen and oxygen atoms in total. The van der Waals surface area contributed by atoms with E-state index in [9.17, 15) is 14.7 Å². The first-order valence-electron chi connectivity index (χ1n) is 10.8. The minimum absolute atomic E-state index is 0.0596. The highest BCUT2D eigenvalue weighted by Gasteiger charge is 2.46. The molecule has 2 aromatic carbocycles. The van der Waals surface area contributed by atoms with E-state index in [0.29, 0.717) is 36.7 Å². The molecule has 1 saturated heterocycles. The Balaban J connectivity index is 2.21. The number of ketones is 1. The second-order valence-electron chi connectivity index (χ2n) is 7.53. The van der Waals surface area contributed by atoms with Gasteiger partial charge in [-0.1, -0.05) is 23.7 Å². The number of hydrogen-bond acceptors (Lipinski definition) is 7. The van der Waals surface area contributed by atoms with Gasteiger partial charge in [-0.05, 0) is 37.1 Å². The van der Waals surface area contributed by atoms with Crippen LogP contribution in [0.4, 0.5) is 0 Å². The highest BCUT2D eigenvalue weighted by molar-refractivity contribution is 6.46. The summed E-state index contributed by atoms with van der Waals surface area (Å²) in [5, 5.41) is 11.6. The number of benzene rings is 2.